The number of ether oxygens (including phenoxy) is 1. The van der Waals surface area contributed by atoms with E-state index in [-0.39, 0.29) is 5.91 Å². The van der Waals surface area contributed by atoms with Crippen molar-refractivity contribution >= 4 is 17.2 Å². The Hall–Kier alpha value is -4.38. The van der Waals surface area contributed by atoms with E-state index >= 15 is 0 Å². The molecular formula is C28H23N3O2. The lowest BCUT2D eigenvalue weighted by Crippen LogP contribution is -2.15. The number of hydrogen-bond donors (Lipinski definition) is 1. The highest BCUT2D eigenvalue weighted by Gasteiger charge is 2.21. The van der Waals surface area contributed by atoms with Crippen molar-refractivity contribution in [2.75, 3.05) is 5.32 Å². The number of anilines is 1. The van der Waals surface area contributed by atoms with E-state index in [1.54, 1.807) is 0 Å². The highest BCUT2D eigenvalue weighted by Crippen LogP contribution is 2.27. The number of imidazole rings is 1. The number of para-hydroxylation sites is 1. The van der Waals surface area contributed by atoms with E-state index in [0.717, 1.165) is 28.1 Å². The maximum absolute atomic E-state index is 13.4. The number of pyridine rings is 1. The molecule has 0 aliphatic carbocycles. The molecule has 0 fully saturated rings. The van der Waals surface area contributed by atoms with E-state index in [0.29, 0.717) is 22.8 Å². The summed E-state index contributed by atoms with van der Waals surface area (Å²) in [5, 5.41) is 3.01. The van der Waals surface area contributed by atoms with Gasteiger partial charge in [-0.2, -0.15) is 0 Å². The molecule has 2 heterocycles. The molecule has 162 valence electrons. The average molecular weight is 434 g/mol. The van der Waals surface area contributed by atoms with Crippen LogP contribution in [0.4, 0.5) is 5.69 Å². The third-order valence-electron chi connectivity index (χ3n) is 5.40. The van der Waals surface area contributed by atoms with Crippen molar-refractivity contribution in [2.24, 2.45) is 0 Å². The van der Waals surface area contributed by atoms with Crippen LogP contribution in [-0.2, 0) is 0 Å². The maximum atomic E-state index is 13.4. The average Bonchev–Trinajstić information content (AvgIpc) is 3.20. The second-order valence-corrected chi connectivity index (χ2v) is 8.00. The first-order valence-electron chi connectivity index (χ1n) is 10.8. The van der Waals surface area contributed by atoms with E-state index in [1.165, 1.54) is 0 Å². The van der Waals surface area contributed by atoms with Gasteiger partial charge in [-0.05, 0) is 61.9 Å². The minimum absolute atomic E-state index is 0.222. The zero-order valence-electron chi connectivity index (χ0n) is 18.4. The first-order valence-corrected chi connectivity index (χ1v) is 10.8. The number of aromatic nitrogens is 2. The zero-order valence-corrected chi connectivity index (χ0v) is 18.4. The number of fused-ring (bicyclic) bond motifs is 1. The topological polar surface area (TPSA) is 55.6 Å². The predicted octanol–water partition coefficient (Wildman–Crippen LogP) is 6.66. The van der Waals surface area contributed by atoms with Crippen LogP contribution in [0.15, 0.2) is 97.2 Å². The van der Waals surface area contributed by atoms with Gasteiger partial charge in [-0.15, -0.1) is 0 Å². The van der Waals surface area contributed by atoms with Gasteiger partial charge in [0.2, 0.25) is 0 Å². The summed E-state index contributed by atoms with van der Waals surface area (Å²) in [4.78, 5) is 18.2. The Bertz CT molecular complexity index is 1420. The molecule has 5 aromatic rings. The fourth-order valence-electron chi connectivity index (χ4n) is 3.70. The quantitative estimate of drug-likeness (QED) is 0.337. The van der Waals surface area contributed by atoms with E-state index < -0.39 is 0 Å². The number of hydrogen-bond acceptors (Lipinski definition) is 3. The SMILES string of the molecule is Cc1ccc(-c2nc3ccc(C)cn3c2C(=O)Nc2ccc(Oc3ccccc3)cc2)cc1. The van der Waals surface area contributed by atoms with Crippen molar-refractivity contribution in [2.45, 2.75) is 13.8 Å². The van der Waals surface area contributed by atoms with Crippen molar-refractivity contribution in [3.8, 4) is 22.8 Å². The molecule has 0 saturated heterocycles. The van der Waals surface area contributed by atoms with Crippen LogP contribution in [0.2, 0.25) is 0 Å². The second-order valence-electron chi connectivity index (χ2n) is 8.00. The number of nitrogens with one attached hydrogen (secondary N) is 1. The van der Waals surface area contributed by atoms with Gasteiger partial charge < -0.3 is 10.1 Å². The highest BCUT2D eigenvalue weighted by molar-refractivity contribution is 6.07. The molecule has 2 aromatic heterocycles. The lowest BCUT2D eigenvalue weighted by Gasteiger charge is -2.10. The molecule has 1 N–H and O–H groups in total. The first kappa shape index (κ1) is 20.5. The fourth-order valence-corrected chi connectivity index (χ4v) is 3.70. The normalized spacial score (nSPS) is 10.8. The molecule has 0 unspecified atom stereocenters. The number of rotatable bonds is 5. The van der Waals surface area contributed by atoms with Crippen LogP contribution in [0.25, 0.3) is 16.9 Å². The molecule has 0 radical (unpaired) electrons. The molecule has 0 spiro atoms. The monoisotopic (exact) mass is 433 g/mol. The molecule has 0 aliphatic heterocycles. The summed E-state index contributed by atoms with van der Waals surface area (Å²) in [6.07, 6.45) is 1.94. The van der Waals surface area contributed by atoms with Gasteiger partial charge in [0.15, 0.2) is 0 Å². The first-order chi connectivity index (χ1) is 16.1. The smallest absolute Gasteiger partial charge is 0.274 e. The van der Waals surface area contributed by atoms with Crippen molar-refractivity contribution in [3.63, 3.8) is 0 Å². The van der Waals surface area contributed by atoms with Crippen LogP contribution in [0.5, 0.6) is 11.5 Å². The summed E-state index contributed by atoms with van der Waals surface area (Å²) >= 11 is 0. The fraction of sp³-hybridized carbons (Fsp3) is 0.0714. The number of amides is 1. The van der Waals surface area contributed by atoms with Crippen LogP contribution in [-0.4, -0.2) is 15.3 Å². The molecule has 5 heteroatoms. The summed E-state index contributed by atoms with van der Waals surface area (Å²) < 4.78 is 7.70. The number of carbonyl (C=O) groups is 1. The Balaban J connectivity index is 1.46. The summed E-state index contributed by atoms with van der Waals surface area (Å²) in [5.41, 5.74) is 5.67. The van der Waals surface area contributed by atoms with Gasteiger partial charge in [0.05, 0.1) is 0 Å². The lowest BCUT2D eigenvalue weighted by atomic mass is 10.1. The molecule has 0 saturated carbocycles. The summed E-state index contributed by atoms with van der Waals surface area (Å²) in [6.45, 7) is 4.04. The minimum atomic E-state index is -0.222. The van der Waals surface area contributed by atoms with Gasteiger partial charge in [0, 0.05) is 17.4 Å². The molecule has 1 amide bonds. The lowest BCUT2D eigenvalue weighted by molar-refractivity contribution is 0.102. The van der Waals surface area contributed by atoms with Crippen LogP contribution in [0.3, 0.4) is 0 Å². The predicted molar refractivity (Wildman–Crippen MR) is 131 cm³/mol. The molecule has 5 rings (SSSR count). The van der Waals surface area contributed by atoms with Gasteiger partial charge in [-0.1, -0.05) is 54.1 Å². The summed E-state index contributed by atoms with van der Waals surface area (Å²) in [7, 11) is 0. The van der Waals surface area contributed by atoms with E-state index in [1.807, 2.05) is 115 Å². The molecule has 3 aromatic carbocycles. The maximum Gasteiger partial charge on any atom is 0.274 e. The van der Waals surface area contributed by atoms with Crippen LogP contribution in [0, 0.1) is 13.8 Å². The van der Waals surface area contributed by atoms with Gasteiger partial charge in [-0.25, -0.2) is 4.98 Å². The van der Waals surface area contributed by atoms with Crippen LogP contribution >= 0.6 is 0 Å². The number of aryl methyl sites for hydroxylation is 2. The highest BCUT2D eigenvalue weighted by atomic mass is 16.5. The molecule has 5 nitrogen and oxygen atoms in total. The molecule has 0 bridgehead atoms. The number of benzene rings is 3. The van der Waals surface area contributed by atoms with E-state index in [4.69, 9.17) is 9.72 Å². The van der Waals surface area contributed by atoms with Gasteiger partial charge in [0.25, 0.3) is 5.91 Å². The van der Waals surface area contributed by atoms with Gasteiger partial charge >= 0.3 is 0 Å². The summed E-state index contributed by atoms with van der Waals surface area (Å²) in [5.74, 6) is 1.24. The second kappa shape index (κ2) is 8.63. The zero-order chi connectivity index (χ0) is 22.8. The Labute approximate surface area is 192 Å². The Morgan fingerprint density at radius 1 is 0.788 bits per heavy atom. The van der Waals surface area contributed by atoms with Gasteiger partial charge in [0.1, 0.15) is 28.5 Å². The van der Waals surface area contributed by atoms with E-state index in [9.17, 15) is 4.79 Å². The summed E-state index contributed by atoms with van der Waals surface area (Å²) in [6, 6.07) is 28.9. The van der Waals surface area contributed by atoms with Crippen molar-refractivity contribution in [3.05, 3.63) is 114 Å². The molecule has 0 atom stereocenters. The molecule has 0 aliphatic rings. The minimum Gasteiger partial charge on any atom is -0.457 e. The molecular weight excluding hydrogens is 410 g/mol. The Kier molecular flexibility index (Phi) is 5.37. The van der Waals surface area contributed by atoms with Crippen LogP contribution in [0.1, 0.15) is 21.6 Å². The van der Waals surface area contributed by atoms with Crippen molar-refractivity contribution in [1.82, 2.24) is 9.38 Å². The Morgan fingerprint density at radius 2 is 1.45 bits per heavy atom. The van der Waals surface area contributed by atoms with Gasteiger partial charge in [-0.3, -0.25) is 9.20 Å². The van der Waals surface area contributed by atoms with Crippen molar-refractivity contribution < 1.29 is 9.53 Å². The third-order valence-corrected chi connectivity index (χ3v) is 5.40. The number of nitrogens with zero attached hydrogens (tertiary/aromatic N) is 2. The third kappa shape index (κ3) is 4.34. The van der Waals surface area contributed by atoms with Crippen LogP contribution < -0.4 is 10.1 Å². The van der Waals surface area contributed by atoms with E-state index in [2.05, 4.69) is 5.32 Å². The Morgan fingerprint density at radius 3 is 2.18 bits per heavy atom. The molecule has 33 heavy (non-hydrogen) atoms. The largest absolute Gasteiger partial charge is 0.457 e. The van der Waals surface area contributed by atoms with Crippen molar-refractivity contribution in [1.29, 1.82) is 0 Å². The number of carbonyl (C=O) groups excluding carboxylic acids is 1. The standard InChI is InChI=1S/C28H23N3O2/c1-19-8-11-21(12-9-19)26-27(31-18-20(2)10-17-25(31)30-26)28(32)29-22-13-15-24(16-14-22)33-23-6-4-3-5-7-23/h3-18H,1-2H3,(H,29,32).